The molecule has 3 rings (SSSR count). The van der Waals surface area contributed by atoms with Crippen LogP contribution in [-0.4, -0.2) is 42.1 Å². The lowest BCUT2D eigenvalue weighted by Gasteiger charge is -2.20. The first-order valence-corrected chi connectivity index (χ1v) is 10.4. The molecule has 0 radical (unpaired) electrons. The van der Waals surface area contributed by atoms with Gasteiger partial charge in [0, 0.05) is 5.54 Å². The van der Waals surface area contributed by atoms with E-state index < -0.39 is 24.3 Å². The molecule has 2 N–H and O–H groups in total. The number of rotatable bonds is 8. The van der Waals surface area contributed by atoms with E-state index in [0.717, 1.165) is 6.08 Å². The minimum atomic E-state index is -2.63. The van der Waals surface area contributed by atoms with Crippen LogP contribution < -0.4 is 10.6 Å². The summed E-state index contributed by atoms with van der Waals surface area (Å²) in [5.41, 5.74) is 1.87. The zero-order chi connectivity index (χ0) is 25.0. The number of hydrogen-bond donors (Lipinski definition) is 2. The van der Waals surface area contributed by atoms with Gasteiger partial charge in [0.2, 0.25) is 0 Å². The van der Waals surface area contributed by atoms with Gasteiger partial charge < -0.3 is 15.2 Å². The van der Waals surface area contributed by atoms with Gasteiger partial charge in [0.15, 0.2) is 5.65 Å². The van der Waals surface area contributed by atoms with Gasteiger partial charge in [-0.25, -0.2) is 32.4 Å². The number of carbonyl (C=O) groups excluding carboxylic acids is 1. The molecule has 0 aliphatic carbocycles. The average molecular weight is 474 g/mol. The number of hydrogen-bond acceptors (Lipinski definition) is 4. The zero-order valence-corrected chi connectivity index (χ0v) is 19.1. The molecule has 3 aromatic rings. The van der Waals surface area contributed by atoms with Crippen LogP contribution in [-0.2, 0) is 13.1 Å². The lowest BCUT2D eigenvalue weighted by Crippen LogP contribution is -2.46. The van der Waals surface area contributed by atoms with Crippen molar-refractivity contribution in [2.75, 3.05) is 0 Å². The maximum atomic E-state index is 13.2. The number of carbonyl (C=O) groups is 1. The van der Waals surface area contributed by atoms with Crippen molar-refractivity contribution in [2.45, 2.75) is 45.8 Å². The number of halogens is 3. The predicted octanol–water partition coefficient (Wildman–Crippen LogP) is 4.51. The van der Waals surface area contributed by atoms with Crippen molar-refractivity contribution in [2.24, 2.45) is 0 Å². The second-order valence-electron chi connectivity index (χ2n) is 8.59. The molecule has 0 aliphatic heterocycles. The number of allylic oxidation sites excluding steroid dienone is 4. The van der Waals surface area contributed by atoms with Crippen molar-refractivity contribution in [3.05, 3.63) is 67.2 Å². The summed E-state index contributed by atoms with van der Waals surface area (Å²) in [4.78, 5) is 20.6. The number of fused-ring (bicyclic) bond motifs is 1. The molecule has 0 aliphatic rings. The molecule has 0 saturated heterocycles. The Kier molecular flexibility index (Phi) is 7.23. The van der Waals surface area contributed by atoms with Crippen molar-refractivity contribution in [3.8, 4) is 11.4 Å². The van der Waals surface area contributed by atoms with Crippen LogP contribution in [0.25, 0.3) is 22.6 Å². The third-order valence-electron chi connectivity index (χ3n) is 4.54. The maximum absolute atomic E-state index is 13.2. The summed E-state index contributed by atoms with van der Waals surface area (Å²) in [5, 5.41) is 10.1. The van der Waals surface area contributed by atoms with Crippen molar-refractivity contribution in [1.82, 2.24) is 34.8 Å². The highest BCUT2D eigenvalue weighted by atomic mass is 19.3. The van der Waals surface area contributed by atoms with Gasteiger partial charge in [-0.3, -0.25) is 0 Å². The lowest BCUT2D eigenvalue weighted by molar-refractivity contribution is 0.127. The largest absolute Gasteiger partial charge is 0.334 e. The number of amides is 2. The van der Waals surface area contributed by atoms with E-state index in [1.807, 2.05) is 20.8 Å². The molecule has 0 unspecified atom stereocenters. The summed E-state index contributed by atoms with van der Waals surface area (Å²) < 4.78 is 42.3. The van der Waals surface area contributed by atoms with Gasteiger partial charge >= 0.3 is 6.03 Å². The summed E-state index contributed by atoms with van der Waals surface area (Å²) in [6.07, 6.45) is 2.67. The molecule has 0 bridgehead atoms. The molecule has 8 nitrogen and oxygen atoms in total. The molecule has 0 spiro atoms. The molecule has 0 saturated carbocycles. The third kappa shape index (κ3) is 6.12. The third-order valence-corrected chi connectivity index (χ3v) is 4.54. The summed E-state index contributed by atoms with van der Waals surface area (Å²) in [5.74, 6) is -0.680. The second kappa shape index (κ2) is 9.94. The summed E-state index contributed by atoms with van der Waals surface area (Å²) >= 11 is 0. The fraction of sp³-hybridized carbons (Fsp3) is 0.304. The number of nitrogens with zero attached hydrogens (tertiary/aromatic N) is 5. The molecular formula is C23H26F3N7O. The molecule has 3 aromatic heterocycles. The Morgan fingerprint density at radius 3 is 2.59 bits per heavy atom. The van der Waals surface area contributed by atoms with E-state index in [1.165, 1.54) is 21.5 Å². The van der Waals surface area contributed by atoms with Gasteiger partial charge in [-0.15, -0.1) is 0 Å². The maximum Gasteiger partial charge on any atom is 0.315 e. The van der Waals surface area contributed by atoms with Crippen LogP contribution in [0.5, 0.6) is 0 Å². The van der Waals surface area contributed by atoms with Crippen LogP contribution in [0.3, 0.4) is 0 Å². The standard InChI is InChI=1S/C23H26F3N7O/c1-14(6-7-15(2)24)20-21(32(13-29-20)12-18(25)26)17-8-9-19-27-10-16(33(19)31-17)11-28-22(34)30-23(3,4)5/h6-10,13,18H,1-2,11-12H2,3-5H3,(H2,28,30,34)/b7-6-. The normalized spacial score (nSPS) is 12.0. The molecule has 34 heavy (non-hydrogen) atoms. The number of urea groups is 1. The van der Waals surface area contributed by atoms with Gasteiger partial charge in [0.25, 0.3) is 6.43 Å². The van der Waals surface area contributed by atoms with E-state index in [4.69, 9.17) is 0 Å². The molecule has 3 heterocycles. The second-order valence-corrected chi connectivity index (χ2v) is 8.59. The Bertz CT molecular complexity index is 1250. The first kappa shape index (κ1) is 24.7. The van der Waals surface area contributed by atoms with Gasteiger partial charge in [0.1, 0.15) is 11.5 Å². The Hall–Kier alpha value is -3.89. The van der Waals surface area contributed by atoms with Gasteiger partial charge in [-0.05, 0) is 44.6 Å². The Morgan fingerprint density at radius 2 is 1.94 bits per heavy atom. The van der Waals surface area contributed by atoms with Crippen LogP contribution in [0.2, 0.25) is 0 Å². The topological polar surface area (TPSA) is 89.1 Å². The lowest BCUT2D eigenvalue weighted by atomic mass is 10.1. The van der Waals surface area contributed by atoms with Crippen LogP contribution in [0, 0.1) is 0 Å². The van der Waals surface area contributed by atoms with E-state index in [-0.39, 0.29) is 18.3 Å². The summed E-state index contributed by atoms with van der Waals surface area (Å²) in [6.45, 7) is 12.1. The summed E-state index contributed by atoms with van der Waals surface area (Å²) in [6, 6.07) is 2.94. The summed E-state index contributed by atoms with van der Waals surface area (Å²) in [7, 11) is 0. The van der Waals surface area contributed by atoms with E-state index >= 15 is 0 Å². The first-order chi connectivity index (χ1) is 15.9. The van der Waals surface area contributed by atoms with Crippen LogP contribution in [0.1, 0.15) is 32.2 Å². The number of imidazole rings is 2. The highest BCUT2D eigenvalue weighted by Crippen LogP contribution is 2.28. The van der Waals surface area contributed by atoms with E-state index in [9.17, 15) is 18.0 Å². The molecule has 0 fully saturated rings. The van der Waals surface area contributed by atoms with Crippen molar-refractivity contribution >= 4 is 17.3 Å². The van der Waals surface area contributed by atoms with E-state index in [0.29, 0.717) is 28.3 Å². The van der Waals surface area contributed by atoms with Crippen molar-refractivity contribution < 1.29 is 18.0 Å². The molecule has 2 amide bonds. The average Bonchev–Trinajstić information content (AvgIpc) is 3.32. The molecule has 180 valence electrons. The van der Waals surface area contributed by atoms with Crippen molar-refractivity contribution in [3.63, 3.8) is 0 Å². The van der Waals surface area contributed by atoms with E-state index in [1.54, 1.807) is 18.3 Å². The van der Waals surface area contributed by atoms with Crippen LogP contribution in [0.15, 0.2) is 55.8 Å². The Labute approximate surface area is 194 Å². The highest BCUT2D eigenvalue weighted by Gasteiger charge is 2.20. The smallest absolute Gasteiger partial charge is 0.315 e. The quantitative estimate of drug-likeness (QED) is 0.471. The van der Waals surface area contributed by atoms with Gasteiger partial charge in [-0.2, -0.15) is 5.10 Å². The fourth-order valence-corrected chi connectivity index (χ4v) is 3.17. The Balaban J connectivity index is 1.99. The van der Waals surface area contributed by atoms with Crippen LogP contribution in [0.4, 0.5) is 18.0 Å². The monoisotopic (exact) mass is 473 g/mol. The number of nitrogens with one attached hydrogen (secondary N) is 2. The minimum Gasteiger partial charge on any atom is -0.334 e. The van der Waals surface area contributed by atoms with Crippen LogP contribution >= 0.6 is 0 Å². The van der Waals surface area contributed by atoms with E-state index in [2.05, 4.69) is 38.9 Å². The Morgan fingerprint density at radius 1 is 1.21 bits per heavy atom. The highest BCUT2D eigenvalue weighted by molar-refractivity contribution is 5.80. The molecule has 0 aromatic carbocycles. The first-order valence-electron chi connectivity index (χ1n) is 10.4. The molecule has 0 atom stereocenters. The number of alkyl halides is 2. The minimum absolute atomic E-state index is 0.136. The number of aromatic nitrogens is 5. The van der Waals surface area contributed by atoms with Crippen molar-refractivity contribution in [1.29, 1.82) is 0 Å². The molecule has 11 heteroatoms. The fourth-order valence-electron chi connectivity index (χ4n) is 3.17. The molecular weight excluding hydrogens is 447 g/mol. The SMILES string of the molecule is C=C(F)/C=C\C(=C)c1ncn(CC(F)F)c1-c1ccc2ncc(CNC(=O)NC(C)(C)C)n2n1. The van der Waals surface area contributed by atoms with Gasteiger partial charge in [0.05, 0.1) is 42.7 Å². The zero-order valence-electron chi connectivity index (χ0n) is 19.1. The van der Waals surface area contributed by atoms with Gasteiger partial charge in [-0.1, -0.05) is 19.2 Å². The predicted molar refractivity (Wildman–Crippen MR) is 124 cm³/mol.